The molecular weight excluding hydrogens is 420 g/mol. The van der Waals surface area contributed by atoms with E-state index in [-0.39, 0.29) is 18.2 Å². The Bertz CT molecular complexity index is 1120. The van der Waals surface area contributed by atoms with Gasteiger partial charge in [-0.3, -0.25) is 9.80 Å². The van der Waals surface area contributed by atoms with E-state index in [9.17, 15) is 9.90 Å². The van der Waals surface area contributed by atoms with E-state index in [4.69, 9.17) is 4.98 Å². The molecule has 2 amide bonds. The number of hydrogen-bond donors (Lipinski definition) is 1. The van der Waals surface area contributed by atoms with Crippen molar-refractivity contribution in [3.63, 3.8) is 0 Å². The van der Waals surface area contributed by atoms with Crippen molar-refractivity contribution in [2.75, 3.05) is 40.9 Å². The highest BCUT2D eigenvalue weighted by atomic mass is 16.3. The Morgan fingerprint density at radius 2 is 1.79 bits per heavy atom. The van der Waals surface area contributed by atoms with Crippen LogP contribution in [-0.4, -0.2) is 68.2 Å². The zero-order valence-corrected chi connectivity index (χ0v) is 18.9. The van der Waals surface area contributed by atoms with Crippen molar-refractivity contribution < 1.29 is 9.90 Å². The highest BCUT2D eigenvalue weighted by Gasteiger charge is 2.32. The minimum absolute atomic E-state index is 0.124. The van der Waals surface area contributed by atoms with Crippen LogP contribution < -0.4 is 14.7 Å². The lowest BCUT2D eigenvalue weighted by Gasteiger charge is -2.30. The zero-order valence-electron chi connectivity index (χ0n) is 18.9. The number of nitrogens with zero attached hydrogens (tertiary/aromatic N) is 8. The first-order chi connectivity index (χ1) is 16.0. The summed E-state index contributed by atoms with van der Waals surface area (Å²) in [6.07, 6.45) is 4.73. The lowest BCUT2D eigenvalue weighted by Crippen LogP contribution is -2.36. The largest absolute Gasteiger partial charge is 0.393 e. The maximum Gasteiger partial charge on any atom is 0.330 e. The Morgan fingerprint density at radius 3 is 2.52 bits per heavy atom. The van der Waals surface area contributed by atoms with Gasteiger partial charge < -0.3 is 14.6 Å². The van der Waals surface area contributed by atoms with Crippen LogP contribution in [0.5, 0.6) is 0 Å². The van der Waals surface area contributed by atoms with Gasteiger partial charge >= 0.3 is 6.03 Å². The third kappa shape index (κ3) is 4.13. The van der Waals surface area contributed by atoms with Gasteiger partial charge in [-0.25, -0.2) is 14.8 Å². The second kappa shape index (κ2) is 8.78. The van der Waals surface area contributed by atoms with Crippen molar-refractivity contribution in [1.82, 2.24) is 24.7 Å². The van der Waals surface area contributed by atoms with Gasteiger partial charge in [0.25, 0.3) is 0 Å². The molecule has 2 fully saturated rings. The van der Waals surface area contributed by atoms with Crippen LogP contribution in [-0.2, 0) is 0 Å². The van der Waals surface area contributed by atoms with Crippen LogP contribution in [0.1, 0.15) is 32.7 Å². The SMILES string of the molecule is CC(C)n1cnnc1-c1cccc(N2CCN(c3ccc(N4CCC(O)CC4)nc3)C2=O)n1. The number of piperidine rings is 1. The number of amides is 2. The summed E-state index contributed by atoms with van der Waals surface area (Å²) >= 11 is 0. The summed E-state index contributed by atoms with van der Waals surface area (Å²) in [5.74, 6) is 2.15. The topological polar surface area (TPSA) is 104 Å². The fourth-order valence-electron chi connectivity index (χ4n) is 4.31. The van der Waals surface area contributed by atoms with E-state index in [0.29, 0.717) is 30.4 Å². The van der Waals surface area contributed by atoms with Crippen LogP contribution >= 0.6 is 0 Å². The number of hydrogen-bond acceptors (Lipinski definition) is 7. The molecule has 0 aromatic carbocycles. The minimum atomic E-state index is -0.220. The molecule has 1 N–H and O–H groups in total. The van der Waals surface area contributed by atoms with Crippen molar-refractivity contribution in [2.45, 2.75) is 38.8 Å². The first kappa shape index (κ1) is 21.3. The fraction of sp³-hybridized carbons (Fsp3) is 0.435. The Balaban J connectivity index is 1.32. The molecule has 0 atom stereocenters. The first-order valence-electron chi connectivity index (χ1n) is 11.4. The Morgan fingerprint density at radius 1 is 1.00 bits per heavy atom. The number of aliphatic hydroxyl groups excluding tert-OH is 1. The first-order valence-corrected chi connectivity index (χ1v) is 11.4. The van der Waals surface area contributed by atoms with Crippen LogP contribution in [0.25, 0.3) is 11.5 Å². The number of aromatic nitrogens is 5. The summed E-state index contributed by atoms with van der Waals surface area (Å²) in [4.78, 5) is 28.1. The quantitative estimate of drug-likeness (QED) is 0.640. The highest BCUT2D eigenvalue weighted by Crippen LogP contribution is 2.27. The molecule has 33 heavy (non-hydrogen) atoms. The molecule has 5 rings (SSSR count). The normalized spacial score (nSPS) is 17.5. The van der Waals surface area contributed by atoms with Crippen LogP contribution in [0.4, 0.5) is 22.1 Å². The summed E-state index contributed by atoms with van der Waals surface area (Å²) < 4.78 is 1.96. The number of carbonyl (C=O) groups excluding carboxylic acids is 1. The zero-order chi connectivity index (χ0) is 22.9. The predicted molar refractivity (Wildman–Crippen MR) is 125 cm³/mol. The number of carbonyl (C=O) groups is 1. The number of urea groups is 1. The predicted octanol–water partition coefficient (Wildman–Crippen LogP) is 2.72. The molecule has 10 nitrogen and oxygen atoms in total. The molecule has 2 saturated heterocycles. The van der Waals surface area contributed by atoms with Gasteiger partial charge in [0.05, 0.1) is 18.0 Å². The average Bonchev–Trinajstić information content (AvgIpc) is 3.47. The molecular formula is C23H28N8O2. The summed E-state index contributed by atoms with van der Waals surface area (Å²) in [5, 5.41) is 17.9. The molecule has 0 bridgehead atoms. The van der Waals surface area contributed by atoms with Crippen LogP contribution in [0.15, 0.2) is 42.9 Å². The van der Waals surface area contributed by atoms with E-state index in [2.05, 4.69) is 33.9 Å². The van der Waals surface area contributed by atoms with Crippen molar-refractivity contribution in [3.05, 3.63) is 42.9 Å². The van der Waals surface area contributed by atoms with Crippen LogP contribution in [0.2, 0.25) is 0 Å². The fourth-order valence-corrected chi connectivity index (χ4v) is 4.31. The molecule has 0 aliphatic carbocycles. The third-order valence-corrected chi connectivity index (χ3v) is 6.21. The Kier molecular flexibility index (Phi) is 5.67. The standard InChI is InChI=1S/C23H28N8O2/c1-16(2)31-15-25-27-22(31)19-4-3-5-21(26-19)30-13-12-29(23(30)33)17-6-7-20(24-14-17)28-10-8-18(32)9-11-28/h3-7,14-16,18,32H,8-13H2,1-2H3. The molecule has 0 radical (unpaired) electrons. The van der Waals surface area contributed by atoms with Crippen molar-refractivity contribution in [3.8, 4) is 11.5 Å². The number of aliphatic hydroxyl groups is 1. The maximum absolute atomic E-state index is 13.2. The van der Waals surface area contributed by atoms with E-state index >= 15 is 0 Å². The van der Waals surface area contributed by atoms with E-state index in [1.165, 1.54) is 0 Å². The van der Waals surface area contributed by atoms with Crippen LogP contribution in [0, 0.1) is 0 Å². The molecule has 3 aromatic heterocycles. The summed E-state index contributed by atoms with van der Waals surface area (Å²) in [6, 6.07) is 9.57. The summed E-state index contributed by atoms with van der Waals surface area (Å²) in [6.45, 7) is 6.80. The minimum Gasteiger partial charge on any atom is -0.393 e. The molecule has 2 aliphatic rings. The lowest BCUT2D eigenvalue weighted by atomic mass is 10.1. The Labute approximate surface area is 192 Å². The van der Waals surface area contributed by atoms with Gasteiger partial charge in [-0.15, -0.1) is 10.2 Å². The van der Waals surface area contributed by atoms with Gasteiger partial charge in [0.15, 0.2) is 5.82 Å². The van der Waals surface area contributed by atoms with E-state index in [1.807, 2.05) is 34.9 Å². The molecule has 10 heteroatoms. The summed E-state index contributed by atoms with van der Waals surface area (Å²) in [5.41, 5.74) is 1.45. The Hall–Kier alpha value is -3.53. The van der Waals surface area contributed by atoms with E-state index in [0.717, 1.165) is 37.4 Å². The second-order valence-electron chi connectivity index (χ2n) is 8.72. The van der Waals surface area contributed by atoms with Gasteiger partial charge in [0.2, 0.25) is 0 Å². The number of pyridine rings is 2. The van der Waals surface area contributed by atoms with Gasteiger partial charge in [-0.2, -0.15) is 0 Å². The molecule has 0 spiro atoms. The van der Waals surface area contributed by atoms with Crippen molar-refractivity contribution in [2.24, 2.45) is 0 Å². The van der Waals surface area contributed by atoms with E-state index < -0.39 is 0 Å². The number of rotatable bonds is 5. The molecule has 172 valence electrons. The molecule has 0 saturated carbocycles. The van der Waals surface area contributed by atoms with Crippen LogP contribution in [0.3, 0.4) is 0 Å². The summed E-state index contributed by atoms with van der Waals surface area (Å²) in [7, 11) is 0. The lowest BCUT2D eigenvalue weighted by molar-refractivity contribution is 0.145. The number of anilines is 3. The average molecular weight is 449 g/mol. The van der Waals surface area contributed by atoms with Gasteiger partial charge in [0, 0.05) is 32.2 Å². The van der Waals surface area contributed by atoms with Gasteiger partial charge in [0.1, 0.15) is 23.7 Å². The second-order valence-corrected chi connectivity index (χ2v) is 8.72. The van der Waals surface area contributed by atoms with Crippen molar-refractivity contribution >= 4 is 23.4 Å². The molecule has 2 aliphatic heterocycles. The molecule has 0 unspecified atom stereocenters. The van der Waals surface area contributed by atoms with Gasteiger partial charge in [-0.05, 0) is 51.0 Å². The molecule has 5 heterocycles. The third-order valence-electron chi connectivity index (χ3n) is 6.21. The maximum atomic E-state index is 13.2. The smallest absolute Gasteiger partial charge is 0.330 e. The van der Waals surface area contributed by atoms with Gasteiger partial charge in [-0.1, -0.05) is 6.07 Å². The van der Waals surface area contributed by atoms with E-state index in [1.54, 1.807) is 22.3 Å². The highest BCUT2D eigenvalue weighted by molar-refractivity contribution is 6.05. The molecule has 3 aromatic rings. The van der Waals surface area contributed by atoms with Crippen molar-refractivity contribution in [1.29, 1.82) is 0 Å². The monoisotopic (exact) mass is 448 g/mol.